The van der Waals surface area contributed by atoms with Crippen LogP contribution in [0.2, 0.25) is 0 Å². The van der Waals surface area contributed by atoms with Crippen molar-refractivity contribution in [1.29, 1.82) is 0 Å². The highest BCUT2D eigenvalue weighted by Crippen LogP contribution is 2.25. The third kappa shape index (κ3) is 3.97. The minimum atomic E-state index is 0.734. The Hall–Kier alpha value is -1.06. The van der Waals surface area contributed by atoms with Gasteiger partial charge in [0.05, 0.1) is 7.11 Å². The molecule has 1 aliphatic heterocycles. The van der Waals surface area contributed by atoms with E-state index in [2.05, 4.69) is 24.0 Å². The maximum atomic E-state index is 5.88. The second-order valence-electron chi connectivity index (χ2n) is 5.85. The molecule has 1 saturated heterocycles. The van der Waals surface area contributed by atoms with Gasteiger partial charge < -0.3 is 15.4 Å². The van der Waals surface area contributed by atoms with Crippen LogP contribution in [0.15, 0.2) is 24.3 Å². The summed E-state index contributed by atoms with van der Waals surface area (Å²) in [6, 6.07) is 8.43. The molecule has 1 aromatic carbocycles. The first-order valence-corrected chi connectivity index (χ1v) is 7.82. The van der Waals surface area contributed by atoms with Crippen LogP contribution in [0.3, 0.4) is 0 Å². The van der Waals surface area contributed by atoms with Crippen LogP contribution in [0.1, 0.15) is 25.3 Å². The van der Waals surface area contributed by atoms with E-state index in [0.29, 0.717) is 0 Å². The van der Waals surface area contributed by atoms with E-state index in [1.165, 1.54) is 31.5 Å². The summed E-state index contributed by atoms with van der Waals surface area (Å²) in [5.74, 6) is 2.45. The highest BCUT2D eigenvalue weighted by Gasteiger charge is 2.26. The molecule has 1 heterocycles. The molecule has 2 N–H and O–H groups in total. The number of piperidine rings is 1. The molecule has 3 nitrogen and oxygen atoms in total. The fourth-order valence-corrected chi connectivity index (χ4v) is 3.21. The van der Waals surface area contributed by atoms with Gasteiger partial charge in [-0.2, -0.15) is 0 Å². The van der Waals surface area contributed by atoms with Crippen LogP contribution >= 0.6 is 0 Å². The molecule has 2 rings (SSSR count). The molecule has 1 aromatic rings. The summed E-state index contributed by atoms with van der Waals surface area (Å²) in [6.07, 6.45) is 3.63. The van der Waals surface area contributed by atoms with Crippen molar-refractivity contribution in [3.63, 3.8) is 0 Å². The van der Waals surface area contributed by atoms with E-state index in [4.69, 9.17) is 10.5 Å². The number of nitrogens with two attached hydrogens (primary N) is 1. The Kier molecular flexibility index (Phi) is 5.86. The van der Waals surface area contributed by atoms with E-state index in [0.717, 1.165) is 37.1 Å². The average Bonchev–Trinajstić information content (AvgIpc) is 2.53. The van der Waals surface area contributed by atoms with Crippen molar-refractivity contribution < 1.29 is 4.74 Å². The van der Waals surface area contributed by atoms with E-state index in [1.807, 2.05) is 12.1 Å². The van der Waals surface area contributed by atoms with Gasteiger partial charge >= 0.3 is 0 Å². The number of benzene rings is 1. The minimum absolute atomic E-state index is 0.734. The lowest BCUT2D eigenvalue weighted by Crippen LogP contribution is -2.43. The Labute approximate surface area is 123 Å². The van der Waals surface area contributed by atoms with Gasteiger partial charge in [-0.15, -0.1) is 0 Å². The Morgan fingerprint density at radius 3 is 2.60 bits per heavy atom. The molecule has 2 unspecified atom stereocenters. The Morgan fingerprint density at radius 1 is 1.25 bits per heavy atom. The van der Waals surface area contributed by atoms with Crippen molar-refractivity contribution in [3.05, 3.63) is 29.8 Å². The predicted molar refractivity (Wildman–Crippen MR) is 84.1 cm³/mol. The van der Waals surface area contributed by atoms with Crippen LogP contribution < -0.4 is 10.5 Å². The molecule has 0 bridgehead atoms. The van der Waals surface area contributed by atoms with E-state index in [-0.39, 0.29) is 0 Å². The predicted octanol–water partition coefficient (Wildman–Crippen LogP) is 2.54. The van der Waals surface area contributed by atoms with Crippen molar-refractivity contribution in [1.82, 2.24) is 4.90 Å². The monoisotopic (exact) mass is 276 g/mol. The normalized spacial score (nSPS) is 23.8. The maximum absolute atomic E-state index is 5.88. The van der Waals surface area contributed by atoms with Crippen LogP contribution in [0.5, 0.6) is 5.75 Å². The number of nitrogens with zero attached hydrogens (tertiary/aromatic N) is 1. The van der Waals surface area contributed by atoms with Crippen molar-refractivity contribution >= 4 is 0 Å². The van der Waals surface area contributed by atoms with E-state index >= 15 is 0 Å². The lowest BCUT2D eigenvalue weighted by molar-refractivity contribution is 0.121. The summed E-state index contributed by atoms with van der Waals surface area (Å²) < 4.78 is 5.19. The van der Waals surface area contributed by atoms with Crippen molar-refractivity contribution in [2.45, 2.75) is 26.2 Å². The summed E-state index contributed by atoms with van der Waals surface area (Å²) in [5.41, 5.74) is 7.27. The minimum Gasteiger partial charge on any atom is -0.497 e. The maximum Gasteiger partial charge on any atom is 0.118 e. The fourth-order valence-electron chi connectivity index (χ4n) is 3.21. The number of ether oxygens (including phenoxy) is 1. The molecular weight excluding hydrogens is 248 g/mol. The summed E-state index contributed by atoms with van der Waals surface area (Å²) in [4.78, 5) is 2.60. The fraction of sp³-hybridized carbons (Fsp3) is 0.647. The Balaban J connectivity index is 1.81. The second-order valence-corrected chi connectivity index (χ2v) is 5.85. The van der Waals surface area contributed by atoms with Gasteiger partial charge in [0.15, 0.2) is 0 Å². The second kappa shape index (κ2) is 7.65. The van der Waals surface area contributed by atoms with Gasteiger partial charge in [-0.1, -0.05) is 25.5 Å². The molecule has 0 aliphatic carbocycles. The van der Waals surface area contributed by atoms with Crippen LogP contribution in [0.4, 0.5) is 0 Å². The molecule has 112 valence electrons. The van der Waals surface area contributed by atoms with Gasteiger partial charge in [0.2, 0.25) is 0 Å². The summed E-state index contributed by atoms with van der Waals surface area (Å²) in [6.45, 7) is 6.72. The van der Waals surface area contributed by atoms with Crippen LogP contribution in [-0.4, -0.2) is 38.2 Å². The number of hydrogen-bond acceptors (Lipinski definition) is 3. The smallest absolute Gasteiger partial charge is 0.118 e. The topological polar surface area (TPSA) is 38.5 Å². The van der Waals surface area contributed by atoms with E-state index < -0.39 is 0 Å². The highest BCUT2D eigenvalue weighted by molar-refractivity contribution is 5.27. The molecule has 0 aromatic heterocycles. The molecule has 0 radical (unpaired) electrons. The molecule has 3 heteroatoms. The van der Waals surface area contributed by atoms with Crippen molar-refractivity contribution in [2.75, 3.05) is 33.3 Å². The van der Waals surface area contributed by atoms with Gasteiger partial charge in [0.1, 0.15) is 5.75 Å². The zero-order valence-corrected chi connectivity index (χ0v) is 12.8. The first-order chi connectivity index (χ1) is 9.76. The largest absolute Gasteiger partial charge is 0.497 e. The third-order valence-electron chi connectivity index (χ3n) is 4.68. The quantitative estimate of drug-likeness (QED) is 0.868. The van der Waals surface area contributed by atoms with Crippen LogP contribution in [0, 0.1) is 11.8 Å². The lowest BCUT2D eigenvalue weighted by atomic mass is 9.84. The summed E-state index contributed by atoms with van der Waals surface area (Å²) >= 11 is 0. The number of rotatable bonds is 6. The number of hydrogen-bond donors (Lipinski definition) is 1. The molecule has 1 fully saturated rings. The lowest BCUT2D eigenvalue weighted by Gasteiger charge is -2.37. The molecule has 20 heavy (non-hydrogen) atoms. The molecular formula is C17H28N2O. The molecule has 1 aliphatic rings. The van der Waals surface area contributed by atoms with Crippen LogP contribution in [0.25, 0.3) is 0 Å². The zero-order valence-electron chi connectivity index (χ0n) is 12.8. The average molecular weight is 276 g/mol. The van der Waals surface area contributed by atoms with Crippen LogP contribution in [-0.2, 0) is 6.42 Å². The molecule has 0 amide bonds. The standard InChI is InChI=1S/C17H28N2O/c1-3-15-13-19(11-9-16(15)12-18)10-8-14-4-6-17(20-2)7-5-14/h4-7,15-16H,3,8-13,18H2,1-2H3. The summed E-state index contributed by atoms with van der Waals surface area (Å²) in [5, 5.41) is 0. The molecule has 0 saturated carbocycles. The Bertz CT molecular complexity index is 390. The van der Waals surface area contributed by atoms with Crippen molar-refractivity contribution in [2.24, 2.45) is 17.6 Å². The zero-order chi connectivity index (χ0) is 14.4. The van der Waals surface area contributed by atoms with Gasteiger partial charge in [-0.25, -0.2) is 0 Å². The number of likely N-dealkylation sites (tertiary alicyclic amines) is 1. The first-order valence-electron chi connectivity index (χ1n) is 7.82. The van der Waals surface area contributed by atoms with E-state index in [9.17, 15) is 0 Å². The van der Waals surface area contributed by atoms with Gasteiger partial charge in [0.25, 0.3) is 0 Å². The van der Waals surface area contributed by atoms with Gasteiger partial charge in [-0.05, 0) is 55.5 Å². The van der Waals surface area contributed by atoms with Crippen molar-refractivity contribution in [3.8, 4) is 5.75 Å². The number of methoxy groups -OCH3 is 1. The third-order valence-corrected chi connectivity index (χ3v) is 4.68. The SMILES string of the molecule is CCC1CN(CCc2ccc(OC)cc2)CCC1CN. The Morgan fingerprint density at radius 2 is 2.00 bits per heavy atom. The summed E-state index contributed by atoms with van der Waals surface area (Å²) in [7, 11) is 1.71. The molecule has 2 atom stereocenters. The molecule has 0 spiro atoms. The first kappa shape index (κ1) is 15.3. The van der Waals surface area contributed by atoms with E-state index in [1.54, 1.807) is 7.11 Å². The van der Waals surface area contributed by atoms with Gasteiger partial charge in [0, 0.05) is 13.1 Å². The highest BCUT2D eigenvalue weighted by atomic mass is 16.5. The van der Waals surface area contributed by atoms with Gasteiger partial charge in [-0.3, -0.25) is 0 Å².